The summed E-state index contributed by atoms with van der Waals surface area (Å²) < 4.78 is 17.2. The highest BCUT2D eigenvalue weighted by molar-refractivity contribution is 9.10. The van der Waals surface area contributed by atoms with Gasteiger partial charge in [-0.05, 0) is 37.6 Å². The average Bonchev–Trinajstić information content (AvgIpc) is 2.41. The van der Waals surface area contributed by atoms with Crippen molar-refractivity contribution in [2.45, 2.75) is 26.7 Å². The quantitative estimate of drug-likeness (QED) is 0.706. The molecule has 0 heterocycles. The number of benzene rings is 1. The molecule has 1 rings (SSSR count). The summed E-state index contributed by atoms with van der Waals surface area (Å²) in [5, 5.41) is 3.33. The largest absolute Gasteiger partial charge is 0.497 e. The zero-order valence-corrected chi connectivity index (χ0v) is 13.3. The Hall–Kier alpha value is -0.620. The van der Waals surface area contributed by atoms with E-state index in [9.17, 15) is 0 Å². The van der Waals surface area contributed by atoms with E-state index < -0.39 is 0 Å². The van der Waals surface area contributed by atoms with Crippen molar-refractivity contribution in [1.29, 1.82) is 0 Å². The summed E-state index contributed by atoms with van der Waals surface area (Å²) in [6.45, 7) is 6.61. The molecule has 0 spiro atoms. The smallest absolute Gasteiger partial charge is 0.169 e. The number of hydrogen-bond acceptors (Lipinski definition) is 4. The number of nitrogens with one attached hydrogen (secondary N) is 1. The van der Waals surface area contributed by atoms with Gasteiger partial charge in [0, 0.05) is 30.8 Å². The standard InChI is InChI=1S/C14H22BrNO3/c1-4-18-14(19-5-2)10-16-9-11-8-12(17-3)6-7-13(11)15/h6-8,14,16H,4-5,9-10H2,1-3H3. The van der Waals surface area contributed by atoms with Gasteiger partial charge in [-0.25, -0.2) is 0 Å². The number of ether oxygens (including phenoxy) is 3. The normalized spacial score (nSPS) is 11.0. The molecule has 108 valence electrons. The van der Waals surface area contributed by atoms with E-state index >= 15 is 0 Å². The van der Waals surface area contributed by atoms with E-state index in [1.165, 1.54) is 0 Å². The molecule has 0 aromatic heterocycles. The zero-order valence-electron chi connectivity index (χ0n) is 11.7. The minimum absolute atomic E-state index is 0.195. The summed E-state index contributed by atoms with van der Waals surface area (Å²) in [7, 11) is 1.67. The van der Waals surface area contributed by atoms with Crippen molar-refractivity contribution in [3.63, 3.8) is 0 Å². The highest BCUT2D eigenvalue weighted by Crippen LogP contribution is 2.22. The molecule has 5 heteroatoms. The highest BCUT2D eigenvalue weighted by Gasteiger charge is 2.08. The van der Waals surface area contributed by atoms with Crippen LogP contribution in [0.4, 0.5) is 0 Å². The predicted octanol–water partition coefficient (Wildman–Crippen LogP) is 2.95. The van der Waals surface area contributed by atoms with Crippen LogP contribution in [0.5, 0.6) is 5.75 Å². The van der Waals surface area contributed by atoms with E-state index in [0.717, 1.165) is 22.3 Å². The Morgan fingerprint density at radius 1 is 1.21 bits per heavy atom. The molecule has 0 fully saturated rings. The second-order valence-electron chi connectivity index (χ2n) is 3.93. The van der Waals surface area contributed by atoms with Crippen molar-refractivity contribution in [1.82, 2.24) is 5.32 Å². The molecule has 0 bridgehead atoms. The molecular weight excluding hydrogens is 310 g/mol. The van der Waals surface area contributed by atoms with E-state index in [0.29, 0.717) is 19.8 Å². The van der Waals surface area contributed by atoms with Crippen molar-refractivity contribution in [2.24, 2.45) is 0 Å². The first kappa shape index (κ1) is 16.4. The summed E-state index contributed by atoms with van der Waals surface area (Å²) >= 11 is 3.53. The van der Waals surface area contributed by atoms with Gasteiger partial charge in [-0.1, -0.05) is 15.9 Å². The molecule has 0 atom stereocenters. The molecule has 0 amide bonds. The Kier molecular flexibility index (Phi) is 8.05. The molecule has 0 saturated heterocycles. The van der Waals surface area contributed by atoms with E-state index in [-0.39, 0.29) is 6.29 Å². The van der Waals surface area contributed by atoms with Gasteiger partial charge in [-0.2, -0.15) is 0 Å². The predicted molar refractivity (Wildman–Crippen MR) is 79.4 cm³/mol. The van der Waals surface area contributed by atoms with Crippen LogP contribution in [0.1, 0.15) is 19.4 Å². The van der Waals surface area contributed by atoms with Crippen LogP contribution in [0, 0.1) is 0 Å². The number of rotatable bonds is 9. The van der Waals surface area contributed by atoms with Gasteiger partial charge in [0.15, 0.2) is 6.29 Å². The van der Waals surface area contributed by atoms with Crippen LogP contribution in [-0.4, -0.2) is 33.2 Å². The second-order valence-corrected chi connectivity index (χ2v) is 4.78. The van der Waals surface area contributed by atoms with E-state index in [2.05, 4.69) is 21.2 Å². The van der Waals surface area contributed by atoms with Crippen molar-refractivity contribution >= 4 is 15.9 Å². The van der Waals surface area contributed by atoms with Crippen LogP contribution < -0.4 is 10.1 Å². The second kappa shape index (κ2) is 9.31. The SMILES string of the molecule is CCOC(CNCc1cc(OC)ccc1Br)OCC. The van der Waals surface area contributed by atoms with Crippen LogP contribution in [0.15, 0.2) is 22.7 Å². The first-order valence-corrected chi connectivity index (χ1v) is 7.26. The third kappa shape index (κ3) is 5.91. The molecule has 1 aromatic rings. The fraction of sp³-hybridized carbons (Fsp3) is 0.571. The Balaban J connectivity index is 2.47. The fourth-order valence-electron chi connectivity index (χ4n) is 1.68. The number of hydrogen-bond donors (Lipinski definition) is 1. The zero-order chi connectivity index (χ0) is 14.1. The van der Waals surface area contributed by atoms with E-state index in [1.807, 2.05) is 32.0 Å². The van der Waals surface area contributed by atoms with Gasteiger partial charge in [0.05, 0.1) is 7.11 Å². The first-order chi connectivity index (χ1) is 9.21. The van der Waals surface area contributed by atoms with E-state index in [1.54, 1.807) is 7.11 Å². The lowest BCUT2D eigenvalue weighted by atomic mass is 10.2. The summed E-state index contributed by atoms with van der Waals surface area (Å²) in [6, 6.07) is 5.92. The monoisotopic (exact) mass is 331 g/mol. The summed E-state index contributed by atoms with van der Waals surface area (Å²) in [5.74, 6) is 0.853. The maximum Gasteiger partial charge on any atom is 0.169 e. The van der Waals surface area contributed by atoms with Crippen LogP contribution in [0.2, 0.25) is 0 Å². The maximum atomic E-state index is 5.47. The fourth-order valence-corrected chi connectivity index (χ4v) is 2.06. The Labute approximate surface area is 123 Å². The lowest BCUT2D eigenvalue weighted by molar-refractivity contribution is -0.133. The van der Waals surface area contributed by atoms with Gasteiger partial charge in [-0.15, -0.1) is 0 Å². The van der Waals surface area contributed by atoms with Crippen molar-refractivity contribution in [2.75, 3.05) is 26.9 Å². The maximum absolute atomic E-state index is 5.47. The summed E-state index contributed by atoms with van der Waals surface area (Å²) in [6.07, 6.45) is -0.195. The first-order valence-electron chi connectivity index (χ1n) is 6.47. The Morgan fingerprint density at radius 3 is 2.47 bits per heavy atom. The summed E-state index contributed by atoms with van der Waals surface area (Å²) in [5.41, 5.74) is 1.14. The van der Waals surface area contributed by atoms with Crippen molar-refractivity contribution in [3.05, 3.63) is 28.2 Å². The molecule has 1 aromatic carbocycles. The van der Waals surface area contributed by atoms with Gasteiger partial charge in [-0.3, -0.25) is 0 Å². The molecule has 0 unspecified atom stereocenters. The lowest BCUT2D eigenvalue weighted by Gasteiger charge is -2.17. The third-order valence-electron chi connectivity index (χ3n) is 2.58. The Morgan fingerprint density at radius 2 is 1.89 bits per heavy atom. The molecular formula is C14H22BrNO3. The molecule has 0 saturated carbocycles. The molecule has 1 N–H and O–H groups in total. The van der Waals surface area contributed by atoms with Crippen molar-refractivity contribution < 1.29 is 14.2 Å². The minimum Gasteiger partial charge on any atom is -0.497 e. The topological polar surface area (TPSA) is 39.7 Å². The van der Waals surface area contributed by atoms with Crippen LogP contribution in [-0.2, 0) is 16.0 Å². The van der Waals surface area contributed by atoms with Crippen LogP contribution >= 0.6 is 15.9 Å². The minimum atomic E-state index is -0.195. The number of methoxy groups -OCH3 is 1. The van der Waals surface area contributed by atoms with Crippen LogP contribution in [0.25, 0.3) is 0 Å². The van der Waals surface area contributed by atoms with Crippen molar-refractivity contribution in [3.8, 4) is 5.75 Å². The Bertz CT molecular complexity index is 368. The summed E-state index contributed by atoms with van der Waals surface area (Å²) in [4.78, 5) is 0. The molecule has 0 aliphatic heterocycles. The molecule has 4 nitrogen and oxygen atoms in total. The molecule has 0 radical (unpaired) electrons. The average molecular weight is 332 g/mol. The molecule has 0 aliphatic carbocycles. The van der Waals surface area contributed by atoms with Gasteiger partial charge in [0.2, 0.25) is 0 Å². The highest BCUT2D eigenvalue weighted by atomic mass is 79.9. The van der Waals surface area contributed by atoms with Gasteiger partial charge >= 0.3 is 0 Å². The molecule has 0 aliphatic rings. The van der Waals surface area contributed by atoms with Gasteiger partial charge in [0.25, 0.3) is 0 Å². The van der Waals surface area contributed by atoms with Gasteiger partial charge in [0.1, 0.15) is 5.75 Å². The van der Waals surface area contributed by atoms with E-state index in [4.69, 9.17) is 14.2 Å². The third-order valence-corrected chi connectivity index (χ3v) is 3.36. The lowest BCUT2D eigenvalue weighted by Crippen LogP contribution is -2.31. The molecule has 19 heavy (non-hydrogen) atoms. The number of halogens is 1. The van der Waals surface area contributed by atoms with Gasteiger partial charge < -0.3 is 19.5 Å². The van der Waals surface area contributed by atoms with Crippen LogP contribution in [0.3, 0.4) is 0 Å².